The molecule has 0 fully saturated rings. The number of rotatable bonds is 5. The monoisotopic (exact) mass is 610 g/mol. The molecule has 0 saturated carbocycles. The molecule has 0 bridgehead atoms. The first-order valence-electron chi connectivity index (χ1n) is 16.4. The number of benzene rings is 6. The molecule has 0 aliphatic heterocycles. The SMILES string of the molecule is CC(C)c1cc(-c2cc3ccccc3o2)cc(C(C)C)c1-n1c(-c2cccc3c2oc2c4ccccc4ccc32)nc2ccccc21. The molecule has 0 aliphatic carbocycles. The van der Waals surface area contributed by atoms with Gasteiger partial charge in [0.2, 0.25) is 0 Å². The topological polar surface area (TPSA) is 44.1 Å². The summed E-state index contributed by atoms with van der Waals surface area (Å²) >= 11 is 0. The third-order valence-electron chi connectivity index (χ3n) is 9.54. The van der Waals surface area contributed by atoms with Crippen molar-refractivity contribution < 1.29 is 8.83 Å². The molecule has 4 heteroatoms. The Labute approximate surface area is 272 Å². The van der Waals surface area contributed by atoms with Gasteiger partial charge in [-0.2, -0.15) is 0 Å². The van der Waals surface area contributed by atoms with Crippen molar-refractivity contribution in [1.29, 1.82) is 0 Å². The van der Waals surface area contributed by atoms with E-state index in [1.54, 1.807) is 0 Å². The summed E-state index contributed by atoms with van der Waals surface area (Å²) in [5.74, 6) is 2.25. The van der Waals surface area contributed by atoms with Crippen molar-refractivity contribution in [2.24, 2.45) is 0 Å². The van der Waals surface area contributed by atoms with Crippen LogP contribution in [0.1, 0.15) is 50.7 Å². The normalized spacial score (nSPS) is 12.2. The van der Waals surface area contributed by atoms with Crippen molar-refractivity contribution >= 4 is 54.7 Å². The van der Waals surface area contributed by atoms with Crippen LogP contribution in [0, 0.1) is 0 Å². The summed E-state index contributed by atoms with van der Waals surface area (Å²) in [7, 11) is 0. The Morgan fingerprint density at radius 2 is 1.26 bits per heavy atom. The highest BCUT2D eigenvalue weighted by molar-refractivity contribution is 6.17. The van der Waals surface area contributed by atoms with Gasteiger partial charge >= 0.3 is 0 Å². The quantitative estimate of drug-likeness (QED) is 0.195. The summed E-state index contributed by atoms with van der Waals surface area (Å²) in [6.07, 6.45) is 0. The van der Waals surface area contributed by atoms with E-state index in [1.165, 1.54) is 22.2 Å². The Kier molecular flexibility index (Phi) is 6.16. The second-order valence-electron chi connectivity index (χ2n) is 13.2. The minimum absolute atomic E-state index is 0.245. The van der Waals surface area contributed by atoms with E-state index in [9.17, 15) is 0 Å². The molecule has 0 unspecified atom stereocenters. The lowest BCUT2D eigenvalue weighted by atomic mass is 9.89. The van der Waals surface area contributed by atoms with E-state index < -0.39 is 0 Å². The molecule has 6 aromatic carbocycles. The highest BCUT2D eigenvalue weighted by Crippen LogP contribution is 2.43. The van der Waals surface area contributed by atoms with Gasteiger partial charge in [0, 0.05) is 27.1 Å². The summed E-state index contributed by atoms with van der Waals surface area (Å²) < 4.78 is 15.6. The van der Waals surface area contributed by atoms with Crippen molar-refractivity contribution in [2.45, 2.75) is 39.5 Å². The number of nitrogens with zero attached hydrogens (tertiary/aromatic N) is 2. The lowest BCUT2D eigenvalue weighted by Crippen LogP contribution is -2.09. The molecule has 9 rings (SSSR count). The Morgan fingerprint density at radius 1 is 0.574 bits per heavy atom. The molecule has 0 atom stereocenters. The molecule has 0 aliphatic rings. The van der Waals surface area contributed by atoms with Gasteiger partial charge in [-0.1, -0.05) is 100 Å². The van der Waals surface area contributed by atoms with Crippen LogP contribution in [0.25, 0.3) is 83.1 Å². The number of aromatic nitrogens is 2. The van der Waals surface area contributed by atoms with Crippen LogP contribution in [-0.4, -0.2) is 9.55 Å². The van der Waals surface area contributed by atoms with Crippen LogP contribution in [0.15, 0.2) is 130 Å². The van der Waals surface area contributed by atoms with Gasteiger partial charge in [-0.15, -0.1) is 0 Å². The van der Waals surface area contributed by atoms with E-state index >= 15 is 0 Å². The van der Waals surface area contributed by atoms with Gasteiger partial charge in [-0.05, 0) is 76.9 Å². The molecule has 0 amide bonds. The van der Waals surface area contributed by atoms with Gasteiger partial charge in [0.1, 0.15) is 28.3 Å². The van der Waals surface area contributed by atoms with Gasteiger partial charge in [-0.3, -0.25) is 4.57 Å². The molecular weight excluding hydrogens is 576 g/mol. The molecule has 0 saturated heterocycles. The Hall–Kier alpha value is -5.61. The van der Waals surface area contributed by atoms with Gasteiger partial charge in [0.05, 0.1) is 22.3 Å². The van der Waals surface area contributed by atoms with Crippen LogP contribution in [0.3, 0.4) is 0 Å². The number of para-hydroxylation sites is 4. The minimum Gasteiger partial charge on any atom is -0.456 e. The van der Waals surface area contributed by atoms with Crippen LogP contribution >= 0.6 is 0 Å². The summed E-state index contributed by atoms with van der Waals surface area (Å²) in [5, 5.41) is 5.60. The van der Waals surface area contributed by atoms with Crippen LogP contribution < -0.4 is 0 Å². The molecule has 0 spiro atoms. The number of furan rings is 2. The molecule has 3 heterocycles. The lowest BCUT2D eigenvalue weighted by molar-refractivity contribution is 0.631. The van der Waals surface area contributed by atoms with Crippen LogP contribution in [0.5, 0.6) is 0 Å². The third-order valence-corrected chi connectivity index (χ3v) is 9.54. The highest BCUT2D eigenvalue weighted by atomic mass is 16.3. The van der Waals surface area contributed by atoms with Gasteiger partial charge in [-0.25, -0.2) is 4.98 Å². The van der Waals surface area contributed by atoms with Crippen LogP contribution in [-0.2, 0) is 0 Å². The number of imidazole rings is 1. The maximum atomic E-state index is 6.83. The summed E-state index contributed by atoms with van der Waals surface area (Å²) in [4.78, 5) is 5.34. The predicted molar refractivity (Wildman–Crippen MR) is 195 cm³/mol. The molecule has 4 nitrogen and oxygen atoms in total. The Balaban J connectivity index is 1.36. The number of fused-ring (bicyclic) bond motifs is 7. The van der Waals surface area contributed by atoms with Gasteiger partial charge < -0.3 is 8.83 Å². The second-order valence-corrected chi connectivity index (χ2v) is 13.2. The van der Waals surface area contributed by atoms with Crippen molar-refractivity contribution in [3.05, 3.63) is 132 Å². The first kappa shape index (κ1) is 27.7. The Bertz CT molecular complexity index is 2580. The highest BCUT2D eigenvalue weighted by Gasteiger charge is 2.26. The largest absolute Gasteiger partial charge is 0.456 e. The second kappa shape index (κ2) is 10.5. The maximum absolute atomic E-state index is 6.83. The molecule has 9 aromatic rings. The zero-order valence-corrected chi connectivity index (χ0v) is 26.9. The van der Waals surface area contributed by atoms with Crippen molar-refractivity contribution in [1.82, 2.24) is 9.55 Å². The fourth-order valence-corrected chi connectivity index (χ4v) is 7.22. The van der Waals surface area contributed by atoms with Gasteiger partial charge in [0.15, 0.2) is 0 Å². The molecule has 3 aromatic heterocycles. The molecule has 0 N–H and O–H groups in total. The first-order valence-corrected chi connectivity index (χ1v) is 16.4. The van der Waals surface area contributed by atoms with Crippen LogP contribution in [0.4, 0.5) is 0 Å². The van der Waals surface area contributed by atoms with E-state index in [1.807, 2.05) is 12.1 Å². The first-order chi connectivity index (χ1) is 23.0. The average molecular weight is 611 g/mol. The molecular formula is C43H34N2O2. The fourth-order valence-electron chi connectivity index (χ4n) is 7.22. The molecule has 228 valence electrons. The van der Waals surface area contributed by atoms with E-state index in [0.717, 1.165) is 72.0 Å². The van der Waals surface area contributed by atoms with Crippen molar-refractivity contribution in [3.63, 3.8) is 0 Å². The zero-order valence-electron chi connectivity index (χ0n) is 26.9. The smallest absolute Gasteiger partial charge is 0.149 e. The van der Waals surface area contributed by atoms with Crippen molar-refractivity contribution in [3.8, 4) is 28.4 Å². The van der Waals surface area contributed by atoms with E-state index in [0.29, 0.717) is 0 Å². The zero-order chi connectivity index (χ0) is 31.8. The number of hydrogen-bond donors (Lipinski definition) is 0. The van der Waals surface area contributed by atoms with E-state index in [2.05, 4.69) is 141 Å². The standard InChI is InChI=1S/C43H34N2O2/c1-25(2)34-22-29(39-24-28-13-6-10-19-38(28)46-39)23-35(26(3)4)40(34)45-37-18-9-8-17-36(37)44-43(45)33-16-11-15-31-32-21-20-27-12-5-7-14-30(27)41(32)47-42(31)33/h5-26H,1-4H3. The molecule has 47 heavy (non-hydrogen) atoms. The third kappa shape index (κ3) is 4.25. The Morgan fingerprint density at radius 3 is 2.04 bits per heavy atom. The van der Waals surface area contributed by atoms with E-state index in [4.69, 9.17) is 13.8 Å². The van der Waals surface area contributed by atoms with E-state index in [-0.39, 0.29) is 11.8 Å². The fraction of sp³-hybridized carbons (Fsp3) is 0.140. The lowest BCUT2D eigenvalue weighted by Gasteiger charge is -2.24. The molecule has 0 radical (unpaired) electrons. The van der Waals surface area contributed by atoms with Crippen LogP contribution in [0.2, 0.25) is 0 Å². The van der Waals surface area contributed by atoms with Gasteiger partial charge in [0.25, 0.3) is 0 Å². The summed E-state index contributed by atoms with van der Waals surface area (Å²) in [6.45, 7) is 9.09. The number of hydrogen-bond acceptors (Lipinski definition) is 3. The van der Waals surface area contributed by atoms with Crippen molar-refractivity contribution in [2.75, 3.05) is 0 Å². The summed E-state index contributed by atoms with van der Waals surface area (Å²) in [5.41, 5.74) is 10.4. The average Bonchev–Trinajstić information content (AvgIpc) is 3.81. The predicted octanol–water partition coefficient (Wildman–Crippen LogP) is 12.4. The summed E-state index contributed by atoms with van der Waals surface area (Å²) in [6, 6.07) is 42.7. The maximum Gasteiger partial charge on any atom is 0.149 e. The minimum atomic E-state index is 0.245.